The molecule has 5 nitrogen and oxygen atoms in total. The van der Waals surface area contributed by atoms with Gasteiger partial charge in [0.2, 0.25) is 0 Å². The summed E-state index contributed by atoms with van der Waals surface area (Å²) < 4.78 is 11.2. The van der Waals surface area contributed by atoms with E-state index in [1.807, 2.05) is 79.4 Å². The third-order valence-corrected chi connectivity index (χ3v) is 5.03. The molecule has 4 rings (SSSR count). The van der Waals surface area contributed by atoms with Gasteiger partial charge in [-0.2, -0.15) is 0 Å². The third-order valence-electron chi connectivity index (χ3n) is 5.03. The summed E-state index contributed by atoms with van der Waals surface area (Å²) in [6.07, 6.45) is 0. The van der Waals surface area contributed by atoms with Crippen LogP contribution in [0.2, 0.25) is 0 Å². The average Bonchev–Trinajstić information content (AvgIpc) is 2.77. The summed E-state index contributed by atoms with van der Waals surface area (Å²) in [5.74, 6) is 1.47. The maximum atomic E-state index is 13.2. The molecule has 0 aliphatic carbocycles. The van der Waals surface area contributed by atoms with Gasteiger partial charge in [-0.15, -0.1) is 0 Å². The average molecular weight is 388 g/mol. The van der Waals surface area contributed by atoms with Crippen molar-refractivity contribution < 1.29 is 14.3 Å². The highest BCUT2D eigenvalue weighted by molar-refractivity contribution is 5.95. The summed E-state index contributed by atoms with van der Waals surface area (Å²) in [6, 6.07) is 19.6. The summed E-state index contributed by atoms with van der Waals surface area (Å²) in [4.78, 5) is 19.6. The summed E-state index contributed by atoms with van der Waals surface area (Å²) in [6.45, 7) is 6.09. The Morgan fingerprint density at radius 2 is 1.76 bits per heavy atom. The molecule has 3 aromatic rings. The Balaban J connectivity index is 1.54. The van der Waals surface area contributed by atoms with Gasteiger partial charge < -0.3 is 14.4 Å². The lowest BCUT2D eigenvalue weighted by molar-refractivity contribution is 0.0751. The Kier molecular flexibility index (Phi) is 5.47. The molecule has 0 saturated heterocycles. The standard InChI is InChI=1S/C24H24N2O3/c1-3-26(16-18-9-12-22-23(15-18)29-14-13-28-22)24(27)20-10-11-21(25-17(20)2)19-7-5-4-6-8-19/h4-12,15H,3,13-14,16H2,1-2H3. The third kappa shape index (κ3) is 4.09. The Hall–Kier alpha value is -3.34. The largest absolute Gasteiger partial charge is 0.486 e. The number of rotatable bonds is 5. The number of fused-ring (bicyclic) bond motifs is 1. The van der Waals surface area contributed by atoms with Crippen LogP contribution in [0.5, 0.6) is 11.5 Å². The first-order chi connectivity index (χ1) is 14.2. The normalized spacial score (nSPS) is 12.5. The van der Waals surface area contributed by atoms with Gasteiger partial charge in [-0.3, -0.25) is 9.78 Å². The number of hydrogen-bond donors (Lipinski definition) is 0. The van der Waals surface area contributed by atoms with Crippen molar-refractivity contribution in [3.63, 3.8) is 0 Å². The number of pyridine rings is 1. The Bertz CT molecular complexity index is 1020. The zero-order chi connectivity index (χ0) is 20.2. The zero-order valence-corrected chi connectivity index (χ0v) is 16.7. The minimum absolute atomic E-state index is 0.0213. The lowest BCUT2D eigenvalue weighted by Gasteiger charge is -2.23. The predicted octanol–water partition coefficient (Wildman–Crippen LogP) is 4.49. The van der Waals surface area contributed by atoms with Gasteiger partial charge in [0.25, 0.3) is 5.91 Å². The SMILES string of the molecule is CCN(Cc1ccc2c(c1)OCCO2)C(=O)c1ccc(-c2ccccc2)nc1C. The van der Waals surface area contributed by atoms with E-state index in [1.54, 1.807) is 0 Å². The number of nitrogens with zero attached hydrogens (tertiary/aromatic N) is 2. The molecule has 0 spiro atoms. The van der Waals surface area contributed by atoms with Gasteiger partial charge in [0.1, 0.15) is 13.2 Å². The predicted molar refractivity (Wildman–Crippen MR) is 112 cm³/mol. The molecule has 1 aromatic heterocycles. The molecule has 0 atom stereocenters. The van der Waals surface area contributed by atoms with Crippen LogP contribution in [0.4, 0.5) is 0 Å². The van der Waals surface area contributed by atoms with Crippen LogP contribution in [0.1, 0.15) is 28.5 Å². The molecule has 148 valence electrons. The molecule has 0 radical (unpaired) electrons. The molecule has 2 aromatic carbocycles. The molecule has 2 heterocycles. The van der Waals surface area contributed by atoms with Crippen LogP contribution < -0.4 is 9.47 Å². The van der Waals surface area contributed by atoms with E-state index in [-0.39, 0.29) is 5.91 Å². The fourth-order valence-electron chi connectivity index (χ4n) is 3.46. The first kappa shape index (κ1) is 19.0. The molecule has 0 N–H and O–H groups in total. The van der Waals surface area contributed by atoms with E-state index in [4.69, 9.17) is 9.47 Å². The van der Waals surface area contributed by atoms with Gasteiger partial charge in [-0.1, -0.05) is 36.4 Å². The van der Waals surface area contributed by atoms with Gasteiger partial charge >= 0.3 is 0 Å². The van der Waals surface area contributed by atoms with Crippen LogP contribution in [0.3, 0.4) is 0 Å². The molecule has 0 bridgehead atoms. The second kappa shape index (κ2) is 8.35. The number of amides is 1. The van der Waals surface area contributed by atoms with Crippen molar-refractivity contribution in [2.75, 3.05) is 19.8 Å². The minimum atomic E-state index is -0.0213. The molecule has 29 heavy (non-hydrogen) atoms. The summed E-state index contributed by atoms with van der Waals surface area (Å²) >= 11 is 0. The highest BCUT2D eigenvalue weighted by Gasteiger charge is 2.19. The van der Waals surface area contributed by atoms with Crippen molar-refractivity contribution in [2.24, 2.45) is 0 Å². The van der Waals surface area contributed by atoms with Gasteiger partial charge in [-0.25, -0.2) is 0 Å². The molecular formula is C24H24N2O3. The maximum Gasteiger partial charge on any atom is 0.255 e. The monoisotopic (exact) mass is 388 g/mol. The minimum Gasteiger partial charge on any atom is -0.486 e. The van der Waals surface area contributed by atoms with Gasteiger partial charge in [0.05, 0.1) is 17.0 Å². The first-order valence-corrected chi connectivity index (χ1v) is 9.86. The Labute approximate surface area is 170 Å². The van der Waals surface area contributed by atoms with Crippen LogP contribution in [0, 0.1) is 6.92 Å². The van der Waals surface area contributed by atoms with Crippen LogP contribution in [0.25, 0.3) is 11.3 Å². The lowest BCUT2D eigenvalue weighted by atomic mass is 10.1. The second-order valence-corrected chi connectivity index (χ2v) is 6.99. The van der Waals surface area contributed by atoms with Crippen LogP contribution in [0.15, 0.2) is 60.7 Å². The van der Waals surface area contributed by atoms with Crippen molar-refractivity contribution in [3.05, 3.63) is 77.5 Å². The number of ether oxygens (including phenoxy) is 2. The van der Waals surface area contributed by atoms with Crippen molar-refractivity contribution in [1.82, 2.24) is 9.88 Å². The topological polar surface area (TPSA) is 51.7 Å². The fourth-order valence-corrected chi connectivity index (χ4v) is 3.46. The summed E-state index contributed by atoms with van der Waals surface area (Å²) in [7, 11) is 0. The maximum absolute atomic E-state index is 13.2. The van der Waals surface area contributed by atoms with Gasteiger partial charge in [0.15, 0.2) is 11.5 Å². The van der Waals surface area contributed by atoms with Crippen molar-refractivity contribution in [3.8, 4) is 22.8 Å². The molecule has 0 saturated carbocycles. The van der Waals surface area contributed by atoms with Crippen LogP contribution in [-0.2, 0) is 6.54 Å². The number of aromatic nitrogens is 1. The fraction of sp³-hybridized carbons (Fsp3) is 0.250. The van der Waals surface area contributed by atoms with Crippen molar-refractivity contribution in [2.45, 2.75) is 20.4 Å². The van der Waals surface area contributed by atoms with E-state index in [2.05, 4.69) is 4.98 Å². The number of aryl methyl sites for hydroxylation is 1. The number of carbonyl (C=O) groups is 1. The van der Waals surface area contributed by atoms with Gasteiger partial charge in [0, 0.05) is 18.7 Å². The number of hydrogen-bond acceptors (Lipinski definition) is 4. The molecular weight excluding hydrogens is 364 g/mol. The Morgan fingerprint density at radius 1 is 1.00 bits per heavy atom. The molecule has 1 aliphatic heterocycles. The molecule has 0 unspecified atom stereocenters. The van der Waals surface area contributed by atoms with Crippen LogP contribution >= 0.6 is 0 Å². The van der Waals surface area contributed by atoms with Crippen molar-refractivity contribution in [1.29, 1.82) is 0 Å². The summed E-state index contributed by atoms with van der Waals surface area (Å²) in [5, 5.41) is 0. The number of carbonyl (C=O) groups excluding carboxylic acids is 1. The van der Waals surface area contributed by atoms with E-state index >= 15 is 0 Å². The first-order valence-electron chi connectivity index (χ1n) is 9.86. The highest BCUT2D eigenvalue weighted by Crippen LogP contribution is 2.31. The molecule has 0 fully saturated rings. The van der Waals surface area contributed by atoms with E-state index in [0.717, 1.165) is 34.0 Å². The van der Waals surface area contributed by atoms with Gasteiger partial charge in [-0.05, 0) is 43.7 Å². The van der Waals surface area contributed by atoms with Crippen molar-refractivity contribution >= 4 is 5.91 Å². The highest BCUT2D eigenvalue weighted by atomic mass is 16.6. The summed E-state index contributed by atoms with van der Waals surface area (Å²) in [5.41, 5.74) is 4.28. The zero-order valence-electron chi connectivity index (χ0n) is 16.7. The molecule has 5 heteroatoms. The molecule has 1 aliphatic rings. The van der Waals surface area contributed by atoms with E-state index in [1.165, 1.54) is 0 Å². The van der Waals surface area contributed by atoms with Crippen LogP contribution in [-0.4, -0.2) is 35.5 Å². The number of benzene rings is 2. The Morgan fingerprint density at radius 3 is 2.48 bits per heavy atom. The van der Waals surface area contributed by atoms with E-state index in [9.17, 15) is 4.79 Å². The van der Waals surface area contributed by atoms with E-state index < -0.39 is 0 Å². The second-order valence-electron chi connectivity index (χ2n) is 6.99. The quantitative estimate of drug-likeness (QED) is 0.646. The smallest absolute Gasteiger partial charge is 0.255 e. The molecule has 1 amide bonds. The lowest BCUT2D eigenvalue weighted by Crippen LogP contribution is -2.31. The van der Waals surface area contributed by atoms with E-state index in [0.29, 0.717) is 31.9 Å².